The molecule has 1 fully saturated rings. The lowest BCUT2D eigenvalue weighted by molar-refractivity contribution is -0.144. The molecule has 16 heavy (non-hydrogen) atoms. The summed E-state index contributed by atoms with van der Waals surface area (Å²) < 4.78 is 10.4. The van der Waals surface area contributed by atoms with Crippen LogP contribution in [0.25, 0.3) is 0 Å². The summed E-state index contributed by atoms with van der Waals surface area (Å²) >= 11 is 0. The van der Waals surface area contributed by atoms with Gasteiger partial charge in [0.1, 0.15) is 0 Å². The maximum absolute atomic E-state index is 11.2. The lowest BCUT2D eigenvalue weighted by Crippen LogP contribution is -2.30. The second-order valence-electron chi connectivity index (χ2n) is 4.52. The Balaban J connectivity index is 2.22. The van der Waals surface area contributed by atoms with E-state index in [9.17, 15) is 9.90 Å². The number of hydrogen-bond donors (Lipinski definition) is 1. The van der Waals surface area contributed by atoms with Crippen LogP contribution in [0.5, 0.6) is 0 Å². The number of rotatable bonds is 5. The van der Waals surface area contributed by atoms with E-state index in [2.05, 4.69) is 0 Å². The molecule has 0 bridgehead atoms. The summed E-state index contributed by atoms with van der Waals surface area (Å²) in [7, 11) is 0. The third-order valence-electron chi connectivity index (χ3n) is 2.83. The number of aliphatic hydroxyl groups is 1. The van der Waals surface area contributed by atoms with Crippen LogP contribution in [0.4, 0.5) is 0 Å². The highest BCUT2D eigenvalue weighted by Crippen LogP contribution is 2.21. The van der Waals surface area contributed by atoms with Crippen molar-refractivity contribution in [3.63, 3.8) is 0 Å². The molecule has 1 aliphatic rings. The Labute approximate surface area is 96.9 Å². The van der Waals surface area contributed by atoms with Gasteiger partial charge in [-0.05, 0) is 32.1 Å². The number of hydrogen-bond acceptors (Lipinski definition) is 4. The number of ether oxygens (including phenoxy) is 2. The average Bonchev–Trinajstić information content (AvgIpc) is 2.17. The first kappa shape index (κ1) is 13.5. The molecule has 3 unspecified atom stereocenters. The summed E-state index contributed by atoms with van der Waals surface area (Å²) in [6.07, 6.45) is 2.51. The molecule has 0 spiro atoms. The van der Waals surface area contributed by atoms with Gasteiger partial charge in [-0.2, -0.15) is 0 Å². The van der Waals surface area contributed by atoms with Crippen LogP contribution < -0.4 is 0 Å². The van der Waals surface area contributed by atoms with Crippen molar-refractivity contribution in [2.45, 2.75) is 51.7 Å². The molecule has 1 saturated heterocycles. The molecule has 1 rings (SSSR count). The minimum Gasteiger partial charge on any atom is -0.466 e. The highest BCUT2D eigenvalue weighted by molar-refractivity contribution is 5.69. The lowest BCUT2D eigenvalue weighted by Gasteiger charge is -2.28. The third kappa shape index (κ3) is 4.94. The second kappa shape index (κ2) is 6.86. The number of aliphatic hydroxyl groups excluding tert-OH is 1. The van der Waals surface area contributed by atoms with Crippen molar-refractivity contribution in [2.75, 3.05) is 13.2 Å². The molecule has 1 N–H and O–H groups in total. The van der Waals surface area contributed by atoms with Crippen LogP contribution in [0, 0.1) is 5.92 Å². The van der Waals surface area contributed by atoms with Crippen molar-refractivity contribution in [1.29, 1.82) is 0 Å². The minimum atomic E-state index is -0.242. The predicted octanol–water partition coefficient (Wildman–Crippen LogP) is 1.51. The Bertz CT molecular complexity index is 217. The van der Waals surface area contributed by atoms with Gasteiger partial charge in [-0.1, -0.05) is 6.92 Å². The molecule has 0 amide bonds. The van der Waals surface area contributed by atoms with E-state index >= 15 is 0 Å². The summed E-state index contributed by atoms with van der Waals surface area (Å²) in [4.78, 5) is 11.2. The zero-order valence-electron chi connectivity index (χ0n) is 10.1. The highest BCUT2D eigenvalue weighted by atomic mass is 16.5. The predicted molar refractivity (Wildman–Crippen MR) is 60.0 cm³/mol. The summed E-state index contributed by atoms with van der Waals surface area (Å²) in [6.45, 7) is 4.88. The fraction of sp³-hybridized carbons (Fsp3) is 0.917. The Morgan fingerprint density at radius 3 is 3.00 bits per heavy atom. The summed E-state index contributed by atoms with van der Waals surface area (Å²) in [5, 5.41) is 9.49. The summed E-state index contributed by atoms with van der Waals surface area (Å²) in [6, 6.07) is 0. The fourth-order valence-electron chi connectivity index (χ4n) is 2.06. The standard InChI is InChI=1S/C12H22O4/c1-3-15-12(14)7-9(2)6-11-8-10(13)4-5-16-11/h9-11,13H,3-8H2,1-2H3. The van der Waals surface area contributed by atoms with Gasteiger partial charge in [0.2, 0.25) is 0 Å². The molecular formula is C12H22O4. The molecular weight excluding hydrogens is 208 g/mol. The highest BCUT2D eigenvalue weighted by Gasteiger charge is 2.23. The van der Waals surface area contributed by atoms with Crippen molar-refractivity contribution >= 4 is 5.97 Å². The van der Waals surface area contributed by atoms with Crippen LogP contribution in [0.3, 0.4) is 0 Å². The van der Waals surface area contributed by atoms with Gasteiger partial charge < -0.3 is 14.6 Å². The molecule has 4 heteroatoms. The fourth-order valence-corrected chi connectivity index (χ4v) is 2.06. The van der Waals surface area contributed by atoms with Crippen LogP contribution in [-0.4, -0.2) is 36.5 Å². The number of esters is 1. The number of carbonyl (C=O) groups excluding carboxylic acids is 1. The van der Waals surface area contributed by atoms with E-state index in [0.29, 0.717) is 26.1 Å². The van der Waals surface area contributed by atoms with Gasteiger partial charge >= 0.3 is 5.97 Å². The molecule has 0 saturated carbocycles. The van der Waals surface area contributed by atoms with Gasteiger partial charge in [0.05, 0.1) is 18.8 Å². The molecule has 0 radical (unpaired) electrons. The number of carbonyl (C=O) groups is 1. The van der Waals surface area contributed by atoms with E-state index in [1.54, 1.807) is 0 Å². The van der Waals surface area contributed by atoms with Crippen molar-refractivity contribution in [2.24, 2.45) is 5.92 Å². The Morgan fingerprint density at radius 1 is 1.62 bits per heavy atom. The van der Waals surface area contributed by atoms with Crippen LogP contribution in [0.2, 0.25) is 0 Å². The summed E-state index contributed by atoms with van der Waals surface area (Å²) in [5.41, 5.74) is 0. The van der Waals surface area contributed by atoms with Gasteiger partial charge in [0.25, 0.3) is 0 Å². The quantitative estimate of drug-likeness (QED) is 0.727. The first-order valence-electron chi connectivity index (χ1n) is 6.07. The molecule has 3 atom stereocenters. The molecule has 0 aromatic heterocycles. The average molecular weight is 230 g/mol. The SMILES string of the molecule is CCOC(=O)CC(C)CC1CC(O)CCO1. The van der Waals surface area contributed by atoms with Crippen molar-refractivity contribution in [3.05, 3.63) is 0 Å². The molecule has 0 aliphatic carbocycles. The van der Waals surface area contributed by atoms with Gasteiger partial charge in [-0.3, -0.25) is 4.79 Å². The van der Waals surface area contributed by atoms with Crippen LogP contribution >= 0.6 is 0 Å². The first-order chi connectivity index (χ1) is 7.61. The smallest absolute Gasteiger partial charge is 0.306 e. The van der Waals surface area contributed by atoms with Crippen LogP contribution in [0.15, 0.2) is 0 Å². The Morgan fingerprint density at radius 2 is 2.38 bits per heavy atom. The van der Waals surface area contributed by atoms with E-state index in [4.69, 9.17) is 9.47 Å². The van der Waals surface area contributed by atoms with Crippen molar-refractivity contribution in [1.82, 2.24) is 0 Å². The van der Waals surface area contributed by atoms with Crippen LogP contribution in [-0.2, 0) is 14.3 Å². The zero-order valence-corrected chi connectivity index (χ0v) is 10.1. The van der Waals surface area contributed by atoms with Crippen molar-refractivity contribution in [3.8, 4) is 0 Å². The minimum absolute atomic E-state index is 0.0909. The Kier molecular flexibility index (Phi) is 5.77. The van der Waals surface area contributed by atoms with E-state index in [-0.39, 0.29) is 24.1 Å². The van der Waals surface area contributed by atoms with E-state index in [1.807, 2.05) is 13.8 Å². The van der Waals surface area contributed by atoms with Gasteiger partial charge in [-0.15, -0.1) is 0 Å². The molecule has 4 nitrogen and oxygen atoms in total. The molecule has 1 aliphatic heterocycles. The van der Waals surface area contributed by atoms with E-state index in [0.717, 1.165) is 12.8 Å². The molecule has 0 aromatic carbocycles. The van der Waals surface area contributed by atoms with E-state index in [1.165, 1.54) is 0 Å². The first-order valence-corrected chi connectivity index (χ1v) is 6.07. The monoisotopic (exact) mass is 230 g/mol. The maximum atomic E-state index is 11.2. The summed E-state index contributed by atoms with van der Waals surface area (Å²) in [5.74, 6) is 0.0979. The van der Waals surface area contributed by atoms with Crippen molar-refractivity contribution < 1.29 is 19.4 Å². The van der Waals surface area contributed by atoms with Gasteiger partial charge in [0.15, 0.2) is 0 Å². The zero-order chi connectivity index (χ0) is 12.0. The normalized spacial score (nSPS) is 27.4. The third-order valence-corrected chi connectivity index (χ3v) is 2.83. The maximum Gasteiger partial charge on any atom is 0.306 e. The molecule has 1 heterocycles. The van der Waals surface area contributed by atoms with E-state index < -0.39 is 0 Å². The second-order valence-corrected chi connectivity index (χ2v) is 4.52. The van der Waals surface area contributed by atoms with Gasteiger partial charge in [0, 0.05) is 13.0 Å². The van der Waals surface area contributed by atoms with Gasteiger partial charge in [-0.25, -0.2) is 0 Å². The topological polar surface area (TPSA) is 55.8 Å². The molecule has 0 aromatic rings. The largest absolute Gasteiger partial charge is 0.466 e. The molecule has 94 valence electrons. The Hall–Kier alpha value is -0.610. The lowest BCUT2D eigenvalue weighted by atomic mass is 9.95. The van der Waals surface area contributed by atoms with Crippen LogP contribution in [0.1, 0.15) is 39.5 Å².